The van der Waals surface area contributed by atoms with Crippen molar-refractivity contribution in [2.45, 2.75) is 19.3 Å². The molecule has 0 N–H and O–H groups in total. The summed E-state index contributed by atoms with van der Waals surface area (Å²) in [4.78, 5) is 0. The van der Waals surface area contributed by atoms with Crippen molar-refractivity contribution in [1.82, 2.24) is 0 Å². The highest BCUT2D eigenvalue weighted by molar-refractivity contribution is 6.20. The third-order valence-electron chi connectivity index (χ3n) is 12.6. The van der Waals surface area contributed by atoms with Gasteiger partial charge in [-0.15, -0.1) is 0 Å². The Morgan fingerprint density at radius 3 is 1.17 bits per heavy atom. The number of rotatable bonds is 3. The van der Waals surface area contributed by atoms with Crippen LogP contribution in [0.3, 0.4) is 0 Å². The number of benzene rings is 9. The van der Waals surface area contributed by atoms with Crippen molar-refractivity contribution in [1.29, 1.82) is 0 Å². The van der Waals surface area contributed by atoms with Crippen LogP contribution in [0.1, 0.15) is 25.0 Å². The summed E-state index contributed by atoms with van der Waals surface area (Å²) >= 11 is 0. The molecular weight excluding hydrogens is 637 g/mol. The van der Waals surface area contributed by atoms with Gasteiger partial charge in [-0.05, 0) is 140 Å². The molecular formula is C53H34. The molecule has 3 aliphatic rings. The van der Waals surface area contributed by atoms with Gasteiger partial charge in [0.15, 0.2) is 0 Å². The summed E-state index contributed by atoms with van der Waals surface area (Å²) in [5, 5.41) is 5.40. The molecule has 246 valence electrons. The van der Waals surface area contributed by atoms with E-state index in [0.29, 0.717) is 0 Å². The van der Waals surface area contributed by atoms with Gasteiger partial charge in [0.2, 0.25) is 0 Å². The van der Waals surface area contributed by atoms with Crippen LogP contribution in [0.25, 0.3) is 111 Å². The van der Waals surface area contributed by atoms with Crippen LogP contribution in [-0.4, -0.2) is 0 Å². The Morgan fingerprint density at radius 1 is 0.264 bits per heavy atom. The standard InChI is InChI=1S/C53H34/c1-53(2)49-29-32(31-10-7-11-33(28-31)35-24-26-47-39-14-5-3-12-37(39)45-18-8-16-43(35)51(45)47)20-22-41(49)42-23-21-34(30-50(42)53)36-25-27-48-40-15-6-4-13-38(40)46-19-9-17-44(36)52(46)48/h3-30H,1-2H3. The van der Waals surface area contributed by atoms with Crippen LogP contribution in [0.2, 0.25) is 0 Å². The second-order valence-corrected chi connectivity index (χ2v) is 15.6. The van der Waals surface area contributed by atoms with Crippen LogP contribution in [-0.2, 0) is 5.41 Å². The van der Waals surface area contributed by atoms with Crippen molar-refractivity contribution < 1.29 is 0 Å². The molecule has 12 rings (SSSR count). The lowest BCUT2D eigenvalue weighted by Crippen LogP contribution is -2.15. The van der Waals surface area contributed by atoms with Crippen molar-refractivity contribution in [2.75, 3.05) is 0 Å². The highest BCUT2D eigenvalue weighted by Gasteiger charge is 2.36. The van der Waals surface area contributed by atoms with E-state index in [-0.39, 0.29) is 5.41 Å². The second kappa shape index (κ2) is 10.3. The Labute approximate surface area is 309 Å². The van der Waals surface area contributed by atoms with Gasteiger partial charge in [0.1, 0.15) is 0 Å². The molecule has 0 atom stereocenters. The van der Waals surface area contributed by atoms with E-state index in [1.807, 2.05) is 0 Å². The van der Waals surface area contributed by atoms with Crippen molar-refractivity contribution in [3.05, 3.63) is 181 Å². The van der Waals surface area contributed by atoms with Gasteiger partial charge in [-0.2, -0.15) is 0 Å². The molecule has 3 aliphatic carbocycles. The monoisotopic (exact) mass is 670 g/mol. The summed E-state index contributed by atoms with van der Waals surface area (Å²) in [7, 11) is 0. The molecule has 0 amide bonds. The lowest BCUT2D eigenvalue weighted by atomic mass is 9.80. The molecule has 0 heterocycles. The minimum Gasteiger partial charge on any atom is -0.0616 e. The molecule has 53 heavy (non-hydrogen) atoms. The Kier molecular flexibility index (Phi) is 5.66. The number of fused-ring (bicyclic) bond motifs is 9. The van der Waals surface area contributed by atoms with Crippen molar-refractivity contribution in [3.63, 3.8) is 0 Å². The van der Waals surface area contributed by atoms with E-state index < -0.39 is 0 Å². The van der Waals surface area contributed by atoms with Crippen molar-refractivity contribution in [3.8, 4) is 89.0 Å². The molecule has 0 fully saturated rings. The Bertz CT molecular complexity index is 3020. The first kappa shape index (κ1) is 29.1. The van der Waals surface area contributed by atoms with Gasteiger partial charge < -0.3 is 0 Å². The zero-order valence-corrected chi connectivity index (χ0v) is 29.7. The minimum atomic E-state index is -0.133. The maximum atomic E-state index is 2.47. The predicted molar refractivity (Wildman–Crippen MR) is 224 cm³/mol. The Morgan fingerprint density at radius 2 is 0.623 bits per heavy atom. The van der Waals surface area contributed by atoms with Crippen molar-refractivity contribution in [2.24, 2.45) is 0 Å². The van der Waals surface area contributed by atoms with Crippen LogP contribution < -0.4 is 0 Å². The zero-order chi connectivity index (χ0) is 35.0. The van der Waals surface area contributed by atoms with Gasteiger partial charge in [0, 0.05) is 5.41 Å². The van der Waals surface area contributed by atoms with E-state index in [9.17, 15) is 0 Å². The molecule has 0 radical (unpaired) electrons. The van der Waals surface area contributed by atoms with E-state index in [2.05, 4.69) is 184 Å². The van der Waals surface area contributed by atoms with Gasteiger partial charge >= 0.3 is 0 Å². The van der Waals surface area contributed by atoms with Gasteiger partial charge in [-0.25, -0.2) is 0 Å². The normalized spacial score (nSPS) is 13.6. The molecule has 0 saturated carbocycles. The maximum absolute atomic E-state index is 2.47. The van der Waals surface area contributed by atoms with Crippen LogP contribution in [0.15, 0.2) is 170 Å². The fourth-order valence-electron chi connectivity index (χ4n) is 10.1. The molecule has 9 aromatic carbocycles. The van der Waals surface area contributed by atoms with E-state index in [1.54, 1.807) is 0 Å². The first-order valence-electron chi connectivity index (χ1n) is 18.8. The molecule has 9 aromatic rings. The molecule has 0 nitrogen and oxygen atoms in total. The molecule has 0 aliphatic heterocycles. The van der Waals surface area contributed by atoms with Crippen LogP contribution in [0.5, 0.6) is 0 Å². The Hall–Kier alpha value is -6.50. The van der Waals surface area contributed by atoms with E-state index in [0.717, 1.165) is 0 Å². The minimum absolute atomic E-state index is 0.133. The van der Waals surface area contributed by atoms with E-state index in [4.69, 9.17) is 0 Å². The molecule has 0 unspecified atom stereocenters. The third kappa shape index (κ3) is 3.85. The number of hydrogen-bond donors (Lipinski definition) is 0. The molecule has 0 aromatic heterocycles. The van der Waals surface area contributed by atoms with Crippen molar-refractivity contribution >= 4 is 21.5 Å². The predicted octanol–water partition coefficient (Wildman–Crippen LogP) is 14.6. The smallest absolute Gasteiger partial charge is 0.0159 e. The SMILES string of the molecule is CC1(C)c2cc(-c3cccc(-c4ccc5c6c(cccc46)-c4ccccc4-5)c3)ccc2-c2ccc(-c3ccc4c5c(cccc35)-c3ccccc3-4)cc21. The highest BCUT2D eigenvalue weighted by atomic mass is 14.4. The lowest BCUT2D eigenvalue weighted by Gasteiger charge is -2.23. The summed E-state index contributed by atoms with van der Waals surface area (Å²) in [5.41, 5.74) is 23.7. The summed E-state index contributed by atoms with van der Waals surface area (Å²) in [6.07, 6.45) is 0. The van der Waals surface area contributed by atoms with E-state index >= 15 is 0 Å². The largest absolute Gasteiger partial charge is 0.0616 e. The Balaban J connectivity index is 0.934. The first-order chi connectivity index (χ1) is 26.0. The lowest BCUT2D eigenvalue weighted by molar-refractivity contribution is 0.661. The van der Waals surface area contributed by atoms with Gasteiger partial charge in [0.25, 0.3) is 0 Å². The van der Waals surface area contributed by atoms with Gasteiger partial charge in [-0.3, -0.25) is 0 Å². The van der Waals surface area contributed by atoms with E-state index in [1.165, 1.54) is 122 Å². The quantitative estimate of drug-likeness (QED) is 0.175. The summed E-state index contributed by atoms with van der Waals surface area (Å²) in [6.45, 7) is 4.80. The van der Waals surface area contributed by atoms with Crippen LogP contribution in [0, 0.1) is 0 Å². The fourth-order valence-corrected chi connectivity index (χ4v) is 10.1. The molecule has 0 heteroatoms. The zero-order valence-electron chi connectivity index (χ0n) is 29.7. The number of hydrogen-bond acceptors (Lipinski definition) is 0. The molecule has 0 saturated heterocycles. The summed E-state index contributed by atoms with van der Waals surface area (Å²) < 4.78 is 0. The summed E-state index contributed by atoms with van der Waals surface area (Å²) in [5.74, 6) is 0. The highest BCUT2D eigenvalue weighted by Crippen LogP contribution is 2.54. The van der Waals surface area contributed by atoms with Gasteiger partial charge in [-0.1, -0.05) is 166 Å². The second-order valence-electron chi connectivity index (χ2n) is 15.6. The molecule has 0 bridgehead atoms. The van der Waals surface area contributed by atoms with Crippen LogP contribution in [0.4, 0.5) is 0 Å². The molecule has 0 spiro atoms. The van der Waals surface area contributed by atoms with Gasteiger partial charge in [0.05, 0.1) is 0 Å². The maximum Gasteiger partial charge on any atom is 0.0159 e. The van der Waals surface area contributed by atoms with Crippen LogP contribution >= 0.6 is 0 Å². The summed E-state index contributed by atoms with van der Waals surface area (Å²) in [6, 6.07) is 64.0. The third-order valence-corrected chi connectivity index (χ3v) is 12.6. The average molecular weight is 671 g/mol. The average Bonchev–Trinajstić information content (AvgIpc) is 3.80. The first-order valence-corrected chi connectivity index (χ1v) is 18.8. The fraction of sp³-hybridized carbons (Fsp3) is 0.0566. The topological polar surface area (TPSA) is 0 Å².